The van der Waals surface area contributed by atoms with Crippen LogP contribution >= 0.6 is 0 Å². The molecule has 0 bridgehead atoms. The number of rotatable bonds is 5. The van der Waals surface area contributed by atoms with Crippen molar-refractivity contribution >= 4 is 11.9 Å². The molecule has 0 saturated heterocycles. The first kappa shape index (κ1) is 18.2. The Kier molecular flexibility index (Phi) is 6.11. The van der Waals surface area contributed by atoms with E-state index in [4.69, 9.17) is 5.26 Å². The van der Waals surface area contributed by atoms with Crippen LogP contribution in [0, 0.1) is 17.2 Å². The largest absolute Gasteiger partial charge is 0.354 e. The predicted octanol–water partition coefficient (Wildman–Crippen LogP) is 2.06. The van der Waals surface area contributed by atoms with E-state index in [1.54, 1.807) is 13.1 Å². The van der Waals surface area contributed by atoms with Crippen LogP contribution in [-0.2, 0) is 11.3 Å². The van der Waals surface area contributed by atoms with E-state index in [0.717, 1.165) is 50.0 Å². The Morgan fingerprint density at radius 1 is 1.23 bits per heavy atom. The molecule has 0 spiro atoms. The van der Waals surface area contributed by atoms with Gasteiger partial charge in [-0.2, -0.15) is 5.26 Å². The Morgan fingerprint density at radius 2 is 2.08 bits per heavy atom. The van der Waals surface area contributed by atoms with Crippen molar-refractivity contribution in [3.8, 4) is 6.07 Å². The second-order valence-corrected chi connectivity index (χ2v) is 7.23. The minimum Gasteiger partial charge on any atom is -0.354 e. The lowest BCUT2D eigenvalue weighted by molar-refractivity contribution is -0.126. The molecule has 2 unspecified atom stereocenters. The van der Waals surface area contributed by atoms with Crippen LogP contribution in [0.2, 0.25) is 0 Å². The minimum atomic E-state index is 0.104. The summed E-state index contributed by atoms with van der Waals surface area (Å²) < 4.78 is 0. The molecule has 0 heterocycles. The summed E-state index contributed by atoms with van der Waals surface area (Å²) >= 11 is 0. The van der Waals surface area contributed by atoms with Gasteiger partial charge < -0.3 is 16.0 Å². The number of benzene rings is 1. The number of guanidine groups is 1. The number of hydrogen-bond donors (Lipinski definition) is 3. The Hall–Kier alpha value is -2.55. The van der Waals surface area contributed by atoms with E-state index in [-0.39, 0.29) is 17.9 Å². The molecule has 26 heavy (non-hydrogen) atoms. The minimum absolute atomic E-state index is 0.104. The number of carbonyl (C=O) groups is 1. The quantitative estimate of drug-likeness (QED) is 0.558. The summed E-state index contributed by atoms with van der Waals surface area (Å²) in [5.41, 5.74) is 1.70. The second kappa shape index (κ2) is 8.70. The maximum Gasteiger partial charge on any atom is 0.223 e. The molecule has 2 atom stereocenters. The van der Waals surface area contributed by atoms with Gasteiger partial charge in [0.1, 0.15) is 0 Å². The van der Waals surface area contributed by atoms with Gasteiger partial charge in [-0.3, -0.25) is 9.79 Å². The molecule has 2 aliphatic rings. The van der Waals surface area contributed by atoms with Gasteiger partial charge in [0.2, 0.25) is 5.91 Å². The lowest BCUT2D eigenvalue weighted by Gasteiger charge is -2.30. The second-order valence-electron chi connectivity index (χ2n) is 7.23. The molecule has 3 N–H and O–H groups in total. The summed E-state index contributed by atoms with van der Waals surface area (Å²) in [5, 5.41) is 18.9. The zero-order chi connectivity index (χ0) is 18.4. The Labute approximate surface area is 155 Å². The molecule has 0 aromatic heterocycles. The van der Waals surface area contributed by atoms with Crippen molar-refractivity contribution in [2.24, 2.45) is 10.9 Å². The Balaban J connectivity index is 1.49. The fraction of sp³-hybridized carbons (Fsp3) is 0.550. The smallest absolute Gasteiger partial charge is 0.223 e. The molecule has 0 aliphatic heterocycles. The van der Waals surface area contributed by atoms with Crippen LogP contribution in [0.4, 0.5) is 0 Å². The first-order chi connectivity index (χ1) is 12.7. The van der Waals surface area contributed by atoms with Crippen molar-refractivity contribution in [2.45, 2.75) is 57.2 Å². The van der Waals surface area contributed by atoms with Crippen LogP contribution in [0.5, 0.6) is 0 Å². The Bertz CT molecular complexity index is 704. The summed E-state index contributed by atoms with van der Waals surface area (Å²) in [6.07, 6.45) is 6.19. The van der Waals surface area contributed by atoms with E-state index < -0.39 is 0 Å². The highest BCUT2D eigenvalue weighted by Gasteiger charge is 2.31. The topological polar surface area (TPSA) is 89.3 Å². The van der Waals surface area contributed by atoms with Gasteiger partial charge in [-0.15, -0.1) is 0 Å². The number of carbonyl (C=O) groups excluding carboxylic acids is 1. The molecule has 1 amide bonds. The fourth-order valence-electron chi connectivity index (χ4n) is 3.43. The van der Waals surface area contributed by atoms with Crippen LogP contribution in [0.25, 0.3) is 0 Å². The number of nitrogens with zero attached hydrogens (tertiary/aromatic N) is 2. The van der Waals surface area contributed by atoms with E-state index in [1.807, 2.05) is 18.2 Å². The first-order valence-electron chi connectivity index (χ1n) is 9.44. The van der Waals surface area contributed by atoms with Crippen molar-refractivity contribution in [1.82, 2.24) is 16.0 Å². The number of hydrogen-bond acceptors (Lipinski definition) is 3. The molecular weight excluding hydrogens is 326 g/mol. The van der Waals surface area contributed by atoms with E-state index in [2.05, 4.69) is 27.0 Å². The maximum atomic E-state index is 12.3. The number of amides is 1. The van der Waals surface area contributed by atoms with Crippen molar-refractivity contribution in [3.63, 3.8) is 0 Å². The highest BCUT2D eigenvalue weighted by molar-refractivity contribution is 5.81. The summed E-state index contributed by atoms with van der Waals surface area (Å²) in [6.45, 7) is 0.605. The highest BCUT2D eigenvalue weighted by Crippen LogP contribution is 2.26. The van der Waals surface area contributed by atoms with Gasteiger partial charge in [0.05, 0.1) is 11.6 Å². The molecule has 2 fully saturated rings. The van der Waals surface area contributed by atoms with Gasteiger partial charge >= 0.3 is 0 Å². The van der Waals surface area contributed by atoms with Crippen LogP contribution in [0.3, 0.4) is 0 Å². The average Bonchev–Trinajstić information content (AvgIpc) is 3.49. The van der Waals surface area contributed by atoms with Crippen molar-refractivity contribution < 1.29 is 4.79 Å². The van der Waals surface area contributed by atoms with Crippen LogP contribution in [0.15, 0.2) is 29.3 Å². The van der Waals surface area contributed by atoms with Crippen LogP contribution < -0.4 is 16.0 Å². The van der Waals surface area contributed by atoms with Gasteiger partial charge in [-0.25, -0.2) is 0 Å². The maximum absolute atomic E-state index is 12.3. The molecule has 138 valence electrons. The zero-order valence-electron chi connectivity index (χ0n) is 15.3. The normalized spacial score (nSPS) is 23.0. The molecule has 6 nitrogen and oxygen atoms in total. The number of nitrogens with one attached hydrogen (secondary N) is 3. The lowest BCUT2D eigenvalue weighted by Crippen LogP contribution is -2.47. The van der Waals surface area contributed by atoms with E-state index in [1.165, 1.54) is 0 Å². The van der Waals surface area contributed by atoms with Crippen molar-refractivity contribution in [3.05, 3.63) is 35.4 Å². The molecular formula is C20H27N5O. The van der Waals surface area contributed by atoms with Gasteiger partial charge in [-0.1, -0.05) is 18.6 Å². The predicted molar refractivity (Wildman–Crippen MR) is 101 cm³/mol. The lowest BCUT2D eigenvalue weighted by atomic mass is 9.85. The molecule has 2 saturated carbocycles. The standard InChI is InChI=1S/C20H27N5O/c1-22-20(23-13-15-5-2-4-14(10-15)12-21)25-18-7-3-6-16(11-18)19(26)24-17-8-9-17/h2,4-5,10,16-18H,3,6-9,11,13H2,1H3,(H,24,26)(H2,22,23,25). The molecule has 3 rings (SSSR count). The zero-order valence-corrected chi connectivity index (χ0v) is 15.3. The third-order valence-corrected chi connectivity index (χ3v) is 5.05. The summed E-state index contributed by atoms with van der Waals surface area (Å²) in [6, 6.07) is 10.4. The Morgan fingerprint density at radius 3 is 2.81 bits per heavy atom. The molecule has 6 heteroatoms. The van der Waals surface area contributed by atoms with E-state index in [9.17, 15) is 4.79 Å². The van der Waals surface area contributed by atoms with Gasteiger partial charge in [0.25, 0.3) is 0 Å². The van der Waals surface area contributed by atoms with E-state index in [0.29, 0.717) is 18.2 Å². The third-order valence-electron chi connectivity index (χ3n) is 5.05. The molecule has 0 radical (unpaired) electrons. The first-order valence-corrected chi connectivity index (χ1v) is 9.44. The molecule has 1 aromatic rings. The van der Waals surface area contributed by atoms with Crippen LogP contribution in [-0.4, -0.2) is 31.0 Å². The van der Waals surface area contributed by atoms with Crippen molar-refractivity contribution in [2.75, 3.05) is 7.05 Å². The third kappa shape index (κ3) is 5.22. The number of aliphatic imine (C=N–C) groups is 1. The van der Waals surface area contributed by atoms with Gasteiger partial charge in [-0.05, 0) is 49.8 Å². The number of nitriles is 1. The monoisotopic (exact) mass is 353 g/mol. The molecule has 2 aliphatic carbocycles. The molecule has 1 aromatic carbocycles. The van der Waals surface area contributed by atoms with Gasteiger partial charge in [0, 0.05) is 31.6 Å². The SMILES string of the molecule is CN=C(NCc1cccc(C#N)c1)NC1CCCC(C(=O)NC2CC2)C1. The summed E-state index contributed by atoms with van der Waals surface area (Å²) in [4.78, 5) is 16.6. The summed E-state index contributed by atoms with van der Waals surface area (Å²) in [5.74, 6) is 1.06. The average molecular weight is 353 g/mol. The van der Waals surface area contributed by atoms with Crippen LogP contribution in [0.1, 0.15) is 49.7 Å². The fourth-order valence-corrected chi connectivity index (χ4v) is 3.43. The van der Waals surface area contributed by atoms with Gasteiger partial charge in [0.15, 0.2) is 5.96 Å². The van der Waals surface area contributed by atoms with Crippen molar-refractivity contribution in [1.29, 1.82) is 5.26 Å². The summed E-state index contributed by atoms with van der Waals surface area (Å²) in [7, 11) is 1.75. The highest BCUT2D eigenvalue weighted by atomic mass is 16.2. The van der Waals surface area contributed by atoms with E-state index >= 15 is 0 Å².